The second-order valence-electron chi connectivity index (χ2n) is 7.26. The first-order chi connectivity index (χ1) is 11.0. The third-order valence-electron chi connectivity index (χ3n) is 4.55. The predicted molar refractivity (Wildman–Crippen MR) is 96.5 cm³/mol. The molecule has 3 nitrogen and oxygen atoms in total. The first-order valence-corrected chi connectivity index (χ1v) is 9.67. The highest BCUT2D eigenvalue weighted by Crippen LogP contribution is 2.33. The summed E-state index contributed by atoms with van der Waals surface area (Å²) in [6.07, 6.45) is 15.7. The van der Waals surface area contributed by atoms with Crippen LogP contribution in [0.4, 0.5) is 0 Å². The summed E-state index contributed by atoms with van der Waals surface area (Å²) in [6, 6.07) is 0. The zero-order valence-corrected chi connectivity index (χ0v) is 15.7. The lowest BCUT2D eigenvalue weighted by Gasteiger charge is -2.16. The van der Waals surface area contributed by atoms with E-state index in [1.807, 2.05) is 20.8 Å². The average molecular weight is 327 g/mol. The topological polar surface area (TPSA) is 38.7 Å². The number of rotatable bonds is 12. The lowest BCUT2D eigenvalue weighted by molar-refractivity contribution is -0.146. The molecule has 3 atom stereocenters. The first-order valence-electron chi connectivity index (χ1n) is 9.67. The summed E-state index contributed by atoms with van der Waals surface area (Å²) in [5.41, 5.74) is 0. The van der Waals surface area contributed by atoms with Crippen molar-refractivity contribution in [2.45, 2.75) is 116 Å². The summed E-state index contributed by atoms with van der Waals surface area (Å²) in [5.74, 6) is -0.453. The van der Waals surface area contributed by atoms with Crippen molar-refractivity contribution in [1.82, 2.24) is 0 Å². The molecule has 0 spiro atoms. The largest absolute Gasteiger partial charge is 0.393 e. The van der Waals surface area contributed by atoms with Gasteiger partial charge in [0.2, 0.25) is 0 Å². The zero-order chi connectivity index (χ0) is 17.1. The second kappa shape index (κ2) is 11.2. The summed E-state index contributed by atoms with van der Waals surface area (Å²) in [5, 5.41) is 9.56. The molecule has 0 radical (unpaired) electrons. The molecule has 0 saturated carbocycles. The van der Waals surface area contributed by atoms with Crippen LogP contribution in [0.25, 0.3) is 0 Å². The highest BCUT2D eigenvalue weighted by Gasteiger charge is 2.39. The van der Waals surface area contributed by atoms with E-state index in [9.17, 15) is 5.11 Å². The van der Waals surface area contributed by atoms with Crippen LogP contribution in [-0.2, 0) is 9.47 Å². The van der Waals surface area contributed by atoms with Crippen LogP contribution in [0.5, 0.6) is 0 Å². The molecule has 23 heavy (non-hydrogen) atoms. The van der Waals surface area contributed by atoms with Crippen LogP contribution in [-0.4, -0.2) is 29.2 Å². The summed E-state index contributed by atoms with van der Waals surface area (Å²) >= 11 is 0. The maximum Gasteiger partial charge on any atom is 0.163 e. The number of aliphatic hydroxyl groups excluding tert-OH is 1. The molecule has 136 valence electrons. The van der Waals surface area contributed by atoms with E-state index >= 15 is 0 Å². The Labute approximate surface area is 143 Å². The Balaban J connectivity index is 2.30. The van der Waals surface area contributed by atoms with Gasteiger partial charge in [-0.05, 0) is 46.0 Å². The predicted octanol–water partition coefficient (Wildman–Crippen LogP) is 5.36. The van der Waals surface area contributed by atoms with E-state index in [0.717, 1.165) is 32.1 Å². The van der Waals surface area contributed by atoms with Gasteiger partial charge in [-0.25, -0.2) is 0 Å². The number of ether oxygens (including phenoxy) is 2. The standard InChI is InChI=1S/C20H38O3/c1-5-7-8-9-12-15-18-19(23-20(3,4)22-18)16-13-10-11-14-17(21)6-2/h10,13,17-19,21H,5-9,11-12,14-16H2,1-4H3/b13-10-/t17-,18-,19-/m1/s1. The summed E-state index contributed by atoms with van der Waals surface area (Å²) in [4.78, 5) is 0. The number of allylic oxidation sites excluding steroid dienone is 1. The fourth-order valence-corrected chi connectivity index (χ4v) is 3.14. The fourth-order valence-electron chi connectivity index (χ4n) is 3.14. The molecular weight excluding hydrogens is 288 g/mol. The van der Waals surface area contributed by atoms with E-state index in [-0.39, 0.29) is 18.3 Å². The van der Waals surface area contributed by atoms with Gasteiger partial charge in [0.1, 0.15) is 0 Å². The number of hydrogen-bond acceptors (Lipinski definition) is 3. The molecule has 0 amide bonds. The van der Waals surface area contributed by atoms with Gasteiger partial charge in [-0.3, -0.25) is 0 Å². The van der Waals surface area contributed by atoms with Gasteiger partial charge in [0.25, 0.3) is 0 Å². The Hall–Kier alpha value is -0.380. The molecule has 1 aliphatic rings. The van der Waals surface area contributed by atoms with Crippen LogP contribution in [0.2, 0.25) is 0 Å². The van der Waals surface area contributed by atoms with Crippen molar-refractivity contribution < 1.29 is 14.6 Å². The molecule has 0 bridgehead atoms. The molecule has 1 heterocycles. The normalized spacial score (nSPS) is 25.3. The third-order valence-corrected chi connectivity index (χ3v) is 4.55. The Bertz CT molecular complexity index is 325. The van der Waals surface area contributed by atoms with Crippen LogP contribution in [0, 0.1) is 0 Å². The lowest BCUT2D eigenvalue weighted by atomic mass is 10.0. The average Bonchev–Trinajstić information content (AvgIpc) is 2.80. The molecule has 1 saturated heterocycles. The Kier molecular flexibility index (Phi) is 10.1. The summed E-state index contributed by atoms with van der Waals surface area (Å²) in [6.45, 7) is 8.29. The molecule has 0 aromatic heterocycles. The van der Waals surface area contributed by atoms with Gasteiger partial charge in [0.05, 0.1) is 18.3 Å². The van der Waals surface area contributed by atoms with E-state index in [2.05, 4.69) is 19.1 Å². The minimum atomic E-state index is -0.453. The minimum Gasteiger partial charge on any atom is -0.393 e. The van der Waals surface area contributed by atoms with E-state index < -0.39 is 5.79 Å². The fraction of sp³-hybridized carbons (Fsp3) is 0.900. The van der Waals surface area contributed by atoms with Gasteiger partial charge in [-0.15, -0.1) is 0 Å². The molecule has 0 aromatic carbocycles. The molecule has 3 heteroatoms. The molecule has 1 fully saturated rings. The summed E-state index contributed by atoms with van der Waals surface area (Å²) in [7, 11) is 0. The highest BCUT2D eigenvalue weighted by atomic mass is 16.7. The minimum absolute atomic E-state index is 0.166. The lowest BCUT2D eigenvalue weighted by Crippen LogP contribution is -2.21. The summed E-state index contributed by atoms with van der Waals surface area (Å²) < 4.78 is 12.2. The Morgan fingerprint density at radius 1 is 1.00 bits per heavy atom. The second-order valence-corrected chi connectivity index (χ2v) is 7.26. The molecule has 1 aliphatic heterocycles. The molecule has 1 N–H and O–H groups in total. The van der Waals surface area contributed by atoms with Crippen molar-refractivity contribution >= 4 is 0 Å². The number of unbranched alkanes of at least 4 members (excludes halogenated alkanes) is 4. The van der Waals surface area contributed by atoms with Crippen molar-refractivity contribution in [3.63, 3.8) is 0 Å². The monoisotopic (exact) mass is 326 g/mol. The number of aliphatic hydroxyl groups is 1. The maximum atomic E-state index is 9.56. The smallest absolute Gasteiger partial charge is 0.163 e. The molecular formula is C20H38O3. The first kappa shape index (κ1) is 20.7. The number of hydrogen-bond donors (Lipinski definition) is 1. The molecule has 0 aromatic rings. The maximum absolute atomic E-state index is 9.56. The van der Waals surface area contributed by atoms with E-state index in [1.54, 1.807) is 0 Å². The van der Waals surface area contributed by atoms with E-state index in [1.165, 1.54) is 32.1 Å². The van der Waals surface area contributed by atoms with Crippen molar-refractivity contribution in [2.24, 2.45) is 0 Å². The van der Waals surface area contributed by atoms with E-state index in [0.29, 0.717) is 0 Å². The van der Waals surface area contributed by atoms with Crippen LogP contribution < -0.4 is 0 Å². The zero-order valence-electron chi connectivity index (χ0n) is 15.7. The van der Waals surface area contributed by atoms with Crippen molar-refractivity contribution in [3.8, 4) is 0 Å². The Morgan fingerprint density at radius 2 is 1.70 bits per heavy atom. The SMILES string of the molecule is CCCCCCC[C@H]1OC(C)(C)O[C@@H]1C/C=C\CC[C@H](O)CC. The van der Waals surface area contributed by atoms with Crippen molar-refractivity contribution in [3.05, 3.63) is 12.2 Å². The third kappa shape index (κ3) is 8.88. The van der Waals surface area contributed by atoms with Gasteiger partial charge in [0.15, 0.2) is 5.79 Å². The molecule has 0 aliphatic carbocycles. The molecule has 1 rings (SSSR count). The quantitative estimate of drug-likeness (QED) is 0.387. The highest BCUT2D eigenvalue weighted by molar-refractivity contribution is 4.91. The van der Waals surface area contributed by atoms with Gasteiger partial charge < -0.3 is 14.6 Å². The molecule has 0 unspecified atom stereocenters. The van der Waals surface area contributed by atoms with Gasteiger partial charge in [-0.2, -0.15) is 0 Å². The van der Waals surface area contributed by atoms with E-state index in [4.69, 9.17) is 9.47 Å². The Morgan fingerprint density at radius 3 is 2.39 bits per heavy atom. The van der Waals surface area contributed by atoms with Gasteiger partial charge in [-0.1, -0.05) is 58.1 Å². The van der Waals surface area contributed by atoms with Crippen molar-refractivity contribution in [1.29, 1.82) is 0 Å². The van der Waals surface area contributed by atoms with Crippen LogP contribution in [0.1, 0.15) is 91.9 Å². The van der Waals surface area contributed by atoms with Gasteiger partial charge in [0, 0.05) is 0 Å². The van der Waals surface area contributed by atoms with Gasteiger partial charge >= 0.3 is 0 Å². The van der Waals surface area contributed by atoms with Crippen LogP contribution in [0.15, 0.2) is 12.2 Å². The van der Waals surface area contributed by atoms with Crippen LogP contribution in [0.3, 0.4) is 0 Å². The van der Waals surface area contributed by atoms with Crippen molar-refractivity contribution in [2.75, 3.05) is 0 Å². The van der Waals surface area contributed by atoms with Crippen LogP contribution >= 0.6 is 0 Å².